The van der Waals surface area contributed by atoms with Gasteiger partial charge in [0.25, 0.3) is 0 Å². The van der Waals surface area contributed by atoms with Crippen LogP contribution in [-0.4, -0.2) is 0 Å². The highest BCUT2D eigenvalue weighted by atomic mass is 127. The van der Waals surface area contributed by atoms with Crippen LogP contribution in [0.15, 0.2) is 0 Å². The van der Waals surface area contributed by atoms with E-state index in [-0.39, 0.29) is 0 Å². The molecule has 30 valence electrons. The van der Waals surface area contributed by atoms with Crippen LogP contribution in [0, 0.1) is 24.3 Å². The molecule has 0 saturated carbocycles. The van der Waals surface area contributed by atoms with E-state index in [0.29, 0.717) is 0 Å². The molecule has 0 aromatic carbocycles. The van der Waals surface area contributed by atoms with Gasteiger partial charge in [0.2, 0.25) is 0 Å². The summed E-state index contributed by atoms with van der Waals surface area (Å²) in [5.74, 6) is 3.97. The topological polar surface area (TPSA) is 12.0 Å². The molecule has 0 radical (unpaired) electrons. The third kappa shape index (κ3) is 3.65. The van der Waals surface area contributed by atoms with Crippen molar-refractivity contribution in [3.8, 4) is 17.9 Å². The minimum absolute atomic E-state index is 0.888. The van der Waals surface area contributed by atoms with E-state index in [1.807, 2.05) is 5.92 Å². The minimum Gasteiger partial charge on any atom is -0.358 e. The van der Waals surface area contributed by atoms with Crippen molar-refractivity contribution >= 4 is 22.9 Å². The summed E-state index contributed by atoms with van der Waals surface area (Å²) in [5.41, 5.74) is 0. The number of hydrogen-bond acceptors (Lipinski definition) is 1. The Kier molecular flexibility index (Phi) is 2.97. The van der Waals surface area contributed by atoms with Crippen molar-refractivity contribution in [2.45, 2.75) is 0 Å². The summed E-state index contributed by atoms with van der Waals surface area (Å²) in [6, 6.07) is 2.23. The highest BCUT2D eigenvalue weighted by molar-refractivity contribution is 14.1. The average Bonchev–Trinajstić information content (AvgIpc) is 1.61. The number of nitrogens with one attached hydrogen (secondary N) is 1. The first-order valence-corrected chi connectivity index (χ1v) is 2.11. The smallest absolute Gasteiger partial charge is 0.182 e. The second-order valence-corrected chi connectivity index (χ2v) is 0.929. The van der Waals surface area contributed by atoms with Crippen molar-refractivity contribution in [3.63, 3.8) is 0 Å². The predicted molar refractivity (Wildman–Crippen MR) is 32.1 cm³/mol. The third-order valence-electron chi connectivity index (χ3n) is 0.161. The van der Waals surface area contributed by atoms with Crippen LogP contribution in [0.1, 0.15) is 0 Å². The quantitative estimate of drug-likeness (QED) is 0.193. The van der Waals surface area contributed by atoms with E-state index >= 15 is 0 Å². The maximum atomic E-state index is 6.60. The molecule has 0 fully saturated rings. The first kappa shape index (κ1) is 3.83. The van der Waals surface area contributed by atoms with Crippen molar-refractivity contribution in [2.24, 2.45) is 0 Å². The second kappa shape index (κ2) is 4.65. The molecule has 0 amide bonds. The van der Waals surface area contributed by atoms with Gasteiger partial charge in [-0.2, -0.15) is 0 Å². The van der Waals surface area contributed by atoms with Gasteiger partial charge in [0.15, 0.2) is 1.41 Å². The van der Waals surface area contributed by atoms with E-state index in [4.69, 9.17) is 7.84 Å². The average molecular weight is 192 g/mol. The van der Waals surface area contributed by atoms with Crippen LogP contribution in [0.25, 0.3) is 0 Å². The summed E-state index contributed by atoms with van der Waals surface area (Å²) in [6.45, 7) is 0. The van der Waals surface area contributed by atoms with E-state index in [9.17, 15) is 0 Å². The van der Waals surface area contributed by atoms with E-state index in [1.165, 1.54) is 0 Å². The molecular formula is C4HIN-. The van der Waals surface area contributed by atoms with Gasteiger partial charge in [0.05, 0.1) is 22.9 Å². The lowest BCUT2D eigenvalue weighted by atomic mass is 10.7. The maximum absolute atomic E-state index is 6.60. The van der Waals surface area contributed by atoms with Gasteiger partial charge >= 0.3 is 0 Å². The van der Waals surface area contributed by atoms with Crippen LogP contribution < -0.4 is 3.52 Å². The highest BCUT2D eigenvalue weighted by Gasteiger charge is 1.37. The van der Waals surface area contributed by atoms with Crippen molar-refractivity contribution in [2.75, 3.05) is 0 Å². The van der Waals surface area contributed by atoms with Gasteiger partial charge in [-0.05, 0) is 0 Å². The van der Waals surface area contributed by atoms with Crippen LogP contribution in [0.3, 0.4) is 0 Å². The summed E-state index contributed by atoms with van der Waals surface area (Å²) in [7, 11) is 0. The van der Waals surface area contributed by atoms with Gasteiger partial charge in [-0.1, -0.05) is 6.04 Å². The molecule has 0 rings (SSSR count). The summed E-state index contributed by atoms with van der Waals surface area (Å²) in [4.78, 5) is 0. The van der Waals surface area contributed by atoms with Gasteiger partial charge in [-0.15, -0.1) is 0 Å². The fourth-order valence-corrected chi connectivity index (χ4v) is 0.170. The van der Waals surface area contributed by atoms with Gasteiger partial charge in [0, 0.05) is 0 Å². The molecule has 0 heterocycles. The molecular weight excluding hydrogens is 189 g/mol. The fraction of sp³-hybridized carbons (Fsp3) is 0. The Morgan fingerprint density at radius 1 is 2.00 bits per heavy atom. The molecule has 0 aliphatic rings. The Morgan fingerprint density at radius 3 is 2.83 bits per heavy atom. The number of rotatable bonds is 0. The molecule has 0 aromatic rings. The van der Waals surface area contributed by atoms with Gasteiger partial charge in [-0.3, -0.25) is 5.92 Å². The lowest BCUT2D eigenvalue weighted by Gasteiger charge is -1.73. The van der Waals surface area contributed by atoms with Crippen LogP contribution >= 0.6 is 22.9 Å². The second-order valence-electron chi connectivity index (χ2n) is 0.446. The Morgan fingerprint density at radius 2 is 2.67 bits per heavy atom. The van der Waals surface area contributed by atoms with E-state index in [0.717, 1.165) is 3.52 Å². The van der Waals surface area contributed by atoms with Crippen LogP contribution in [0.5, 0.6) is 0 Å². The highest BCUT2D eigenvalue weighted by Crippen LogP contribution is 1.58. The molecule has 6 heavy (non-hydrogen) atoms. The van der Waals surface area contributed by atoms with Crippen molar-refractivity contribution in [3.05, 3.63) is 6.42 Å². The molecule has 0 aliphatic carbocycles. The summed E-state index contributed by atoms with van der Waals surface area (Å²) in [5, 5.41) is 0. The van der Waals surface area contributed by atoms with Crippen LogP contribution in [0.2, 0.25) is 1.41 Å². The minimum atomic E-state index is 0.888. The lowest BCUT2D eigenvalue weighted by molar-refractivity contribution is 1.61. The Hall–Kier alpha value is -0.350. The Bertz CT molecular complexity index is 136. The van der Waals surface area contributed by atoms with Gasteiger partial charge in [-0.25, -0.2) is 5.92 Å². The molecule has 0 atom stereocenters. The van der Waals surface area contributed by atoms with Crippen LogP contribution in [-0.2, 0) is 0 Å². The van der Waals surface area contributed by atoms with Gasteiger partial charge < -0.3 is 9.95 Å². The summed E-state index contributed by atoms with van der Waals surface area (Å²) >= 11 is 1.67. The molecule has 2 heteroatoms. The zero-order valence-corrected chi connectivity index (χ0v) is 4.98. The largest absolute Gasteiger partial charge is 0.358 e. The molecule has 0 aliphatic heterocycles. The van der Waals surface area contributed by atoms with Gasteiger partial charge in [0.1, 0.15) is 0 Å². The standard InChI is InChI=1S/C4HIN/c1-2-3-4-6-5/h6H/q-1/i/hT. The molecule has 1 nitrogen and oxygen atoms in total. The molecule has 1 N–H and O–H groups in total. The third-order valence-corrected chi connectivity index (χ3v) is 0.402. The Balaban J connectivity index is 3.50. The monoisotopic (exact) mass is 192 g/mol. The predicted octanol–water partition coefficient (Wildman–Crippen LogP) is 0.477. The molecule has 0 unspecified atom stereocenters. The number of hydrogen-bond donors (Lipinski definition) is 1. The van der Waals surface area contributed by atoms with Crippen molar-refractivity contribution < 1.29 is 1.41 Å². The maximum Gasteiger partial charge on any atom is 0.182 e. The zero-order valence-electron chi connectivity index (χ0n) is 3.83. The fourth-order valence-electron chi connectivity index (χ4n) is 0.0491. The first-order valence-electron chi connectivity index (χ1n) is 1.59. The first-order chi connectivity index (χ1) is 3.27. The zero-order chi connectivity index (χ0) is 5.70. The molecule has 0 bridgehead atoms. The van der Waals surface area contributed by atoms with E-state index in [1.54, 1.807) is 22.9 Å². The van der Waals surface area contributed by atoms with Crippen molar-refractivity contribution in [1.29, 1.82) is 0 Å². The van der Waals surface area contributed by atoms with Crippen LogP contribution in [0.4, 0.5) is 0 Å². The summed E-state index contributed by atoms with van der Waals surface area (Å²) < 4.78 is 7.49. The number of halogens is 1. The normalized spacial score (nSPS) is 6.33. The molecule has 0 aromatic heterocycles. The molecule has 0 saturated heterocycles. The Labute approximate surface area is 52.5 Å². The lowest BCUT2D eigenvalue weighted by Crippen LogP contribution is -1.76. The molecule has 0 spiro atoms. The summed E-state index contributed by atoms with van der Waals surface area (Å²) in [6.07, 6.45) is 6.26. The van der Waals surface area contributed by atoms with E-state index in [2.05, 4.69) is 12.0 Å². The SMILES string of the molecule is [3H]N(I)C#CC#[C-]. The van der Waals surface area contributed by atoms with Crippen molar-refractivity contribution in [1.82, 2.24) is 3.52 Å². The van der Waals surface area contributed by atoms with E-state index < -0.39 is 0 Å².